The number of benzene rings is 1. The molecule has 4 nitrogen and oxygen atoms in total. The van der Waals surface area contributed by atoms with Crippen LogP contribution in [-0.2, 0) is 11.2 Å². The number of carbonyl (C=O) groups is 1. The third-order valence-electron chi connectivity index (χ3n) is 9.76. The molecule has 0 unspecified atom stereocenters. The number of rotatable bonds is 10. The standard InChI is InChI=1S/C30H46FNO3/c1-4-5-6-8-15-32(20(2)33)16-9-7-10-21-17-22-18-23(34)11-12-24(22)29-26(31)19-30(3)25(28(21)29)13-14-27(30)35/h11-12,18,21,25-29,34-35H,4-10,13-17,19H2,1-3H3/t21-,25+,26+,27+,28+,29+,30+/m1/s1. The summed E-state index contributed by atoms with van der Waals surface area (Å²) in [5.41, 5.74) is 1.84. The van der Waals surface area contributed by atoms with Gasteiger partial charge in [0.05, 0.1) is 6.10 Å². The van der Waals surface area contributed by atoms with E-state index in [2.05, 4.69) is 13.8 Å². The first-order valence-corrected chi connectivity index (χ1v) is 14.2. The average molecular weight is 488 g/mol. The predicted octanol–water partition coefficient (Wildman–Crippen LogP) is 6.38. The van der Waals surface area contributed by atoms with E-state index in [1.54, 1.807) is 13.0 Å². The van der Waals surface area contributed by atoms with Gasteiger partial charge in [0.15, 0.2) is 0 Å². The van der Waals surface area contributed by atoms with Crippen LogP contribution in [-0.4, -0.2) is 46.4 Å². The number of aliphatic hydroxyl groups is 1. The Hall–Kier alpha value is -1.62. The number of nitrogens with zero attached hydrogens (tertiary/aromatic N) is 1. The Morgan fingerprint density at radius 3 is 2.60 bits per heavy atom. The number of carbonyl (C=O) groups excluding carboxylic acids is 1. The molecule has 196 valence electrons. The van der Waals surface area contributed by atoms with Crippen molar-refractivity contribution in [1.82, 2.24) is 4.90 Å². The maximum atomic E-state index is 15.9. The van der Waals surface area contributed by atoms with Crippen molar-refractivity contribution in [2.75, 3.05) is 13.1 Å². The Morgan fingerprint density at radius 2 is 1.89 bits per heavy atom. The van der Waals surface area contributed by atoms with E-state index >= 15 is 4.39 Å². The Bertz CT molecular complexity index is 875. The molecule has 2 N–H and O–H groups in total. The Labute approximate surface area is 211 Å². The van der Waals surface area contributed by atoms with Gasteiger partial charge in [-0.15, -0.1) is 0 Å². The van der Waals surface area contributed by atoms with E-state index in [1.807, 2.05) is 17.0 Å². The first kappa shape index (κ1) is 26.4. The van der Waals surface area contributed by atoms with Gasteiger partial charge in [-0.2, -0.15) is 0 Å². The highest BCUT2D eigenvalue weighted by molar-refractivity contribution is 5.73. The minimum Gasteiger partial charge on any atom is -0.508 e. The summed E-state index contributed by atoms with van der Waals surface area (Å²) < 4.78 is 15.9. The molecule has 2 saturated carbocycles. The van der Waals surface area contributed by atoms with Gasteiger partial charge in [-0.1, -0.05) is 45.6 Å². The summed E-state index contributed by atoms with van der Waals surface area (Å²) in [5, 5.41) is 20.9. The maximum Gasteiger partial charge on any atom is 0.219 e. The third kappa shape index (κ3) is 5.40. The van der Waals surface area contributed by atoms with E-state index in [0.29, 0.717) is 18.3 Å². The van der Waals surface area contributed by atoms with Gasteiger partial charge >= 0.3 is 0 Å². The van der Waals surface area contributed by atoms with E-state index in [0.717, 1.165) is 69.2 Å². The van der Waals surface area contributed by atoms with E-state index < -0.39 is 12.3 Å². The summed E-state index contributed by atoms with van der Waals surface area (Å²) in [6, 6.07) is 5.50. The van der Waals surface area contributed by atoms with Crippen molar-refractivity contribution in [2.24, 2.45) is 23.2 Å². The number of aliphatic hydroxyl groups excluding tert-OH is 1. The maximum absolute atomic E-state index is 15.9. The van der Waals surface area contributed by atoms with Gasteiger partial charge in [0.25, 0.3) is 0 Å². The van der Waals surface area contributed by atoms with Crippen molar-refractivity contribution in [3.8, 4) is 5.75 Å². The first-order valence-electron chi connectivity index (χ1n) is 14.2. The Kier molecular flexibility index (Phi) is 8.45. The fourth-order valence-electron chi connectivity index (χ4n) is 7.90. The van der Waals surface area contributed by atoms with Crippen molar-refractivity contribution in [3.05, 3.63) is 29.3 Å². The molecule has 0 heterocycles. The fourth-order valence-corrected chi connectivity index (χ4v) is 7.90. The summed E-state index contributed by atoms with van der Waals surface area (Å²) >= 11 is 0. The molecular formula is C30H46FNO3. The molecule has 35 heavy (non-hydrogen) atoms. The van der Waals surface area contributed by atoms with Crippen molar-refractivity contribution >= 4 is 5.91 Å². The molecule has 0 aliphatic heterocycles. The van der Waals surface area contributed by atoms with Gasteiger partial charge < -0.3 is 15.1 Å². The number of halogens is 1. The number of hydrogen-bond donors (Lipinski definition) is 2. The molecule has 5 heteroatoms. The summed E-state index contributed by atoms with van der Waals surface area (Å²) in [6.45, 7) is 7.63. The molecule has 0 bridgehead atoms. The monoisotopic (exact) mass is 487 g/mol. The fraction of sp³-hybridized carbons (Fsp3) is 0.767. The second-order valence-corrected chi connectivity index (χ2v) is 11.9. The van der Waals surface area contributed by atoms with Crippen LogP contribution in [0.1, 0.15) is 102 Å². The number of phenolic OH excluding ortho intramolecular Hbond substituents is 1. The van der Waals surface area contributed by atoms with Crippen LogP contribution in [0.2, 0.25) is 0 Å². The van der Waals surface area contributed by atoms with Crippen molar-refractivity contribution < 1.29 is 19.4 Å². The molecular weight excluding hydrogens is 441 g/mol. The van der Waals surface area contributed by atoms with Gasteiger partial charge in [0, 0.05) is 25.9 Å². The third-order valence-corrected chi connectivity index (χ3v) is 9.76. The number of fused-ring (bicyclic) bond motifs is 5. The summed E-state index contributed by atoms with van der Waals surface area (Å²) in [6.07, 6.45) is 9.33. The lowest BCUT2D eigenvalue weighted by molar-refractivity contribution is -0.129. The van der Waals surface area contributed by atoms with E-state index in [1.165, 1.54) is 19.3 Å². The zero-order valence-corrected chi connectivity index (χ0v) is 22.0. The zero-order chi connectivity index (χ0) is 25.2. The molecule has 0 spiro atoms. The minimum atomic E-state index is -0.962. The van der Waals surface area contributed by atoms with E-state index in [4.69, 9.17) is 0 Å². The molecule has 3 aliphatic rings. The summed E-state index contributed by atoms with van der Waals surface area (Å²) in [4.78, 5) is 14.1. The van der Waals surface area contributed by atoms with Crippen LogP contribution in [0.3, 0.4) is 0 Å². The van der Waals surface area contributed by atoms with Crippen LogP contribution in [0.25, 0.3) is 0 Å². The molecule has 0 aromatic heterocycles. The molecule has 1 aromatic rings. The molecule has 1 aromatic carbocycles. The van der Waals surface area contributed by atoms with E-state index in [9.17, 15) is 15.0 Å². The Balaban J connectivity index is 1.46. The normalized spacial score (nSPS) is 33.6. The topological polar surface area (TPSA) is 60.8 Å². The van der Waals surface area contributed by atoms with Crippen LogP contribution in [0.4, 0.5) is 4.39 Å². The highest BCUT2D eigenvalue weighted by Crippen LogP contribution is 2.63. The van der Waals surface area contributed by atoms with Gasteiger partial charge in [0.1, 0.15) is 11.9 Å². The highest BCUT2D eigenvalue weighted by Gasteiger charge is 2.59. The number of unbranched alkanes of at least 4 members (excludes halogenated alkanes) is 4. The van der Waals surface area contributed by atoms with Gasteiger partial charge in [0.2, 0.25) is 5.91 Å². The van der Waals surface area contributed by atoms with E-state index in [-0.39, 0.29) is 28.9 Å². The number of phenols is 1. The predicted molar refractivity (Wildman–Crippen MR) is 138 cm³/mol. The lowest BCUT2D eigenvalue weighted by Crippen LogP contribution is -2.51. The van der Waals surface area contributed by atoms with Crippen molar-refractivity contribution in [1.29, 1.82) is 0 Å². The lowest BCUT2D eigenvalue weighted by atomic mass is 9.51. The number of aromatic hydroxyl groups is 1. The van der Waals surface area contributed by atoms with Crippen LogP contribution in [0.5, 0.6) is 5.75 Å². The zero-order valence-electron chi connectivity index (χ0n) is 22.0. The molecule has 3 aliphatic carbocycles. The minimum absolute atomic E-state index is 0.139. The van der Waals surface area contributed by atoms with Crippen LogP contribution in [0, 0.1) is 23.2 Å². The molecule has 1 amide bonds. The molecule has 0 radical (unpaired) electrons. The first-order chi connectivity index (χ1) is 16.8. The highest BCUT2D eigenvalue weighted by atomic mass is 19.1. The largest absolute Gasteiger partial charge is 0.508 e. The smallest absolute Gasteiger partial charge is 0.219 e. The number of hydrogen-bond acceptors (Lipinski definition) is 3. The van der Waals surface area contributed by atoms with Crippen LogP contribution < -0.4 is 0 Å². The second kappa shape index (κ2) is 11.2. The summed E-state index contributed by atoms with van der Waals surface area (Å²) in [7, 11) is 0. The second-order valence-electron chi connectivity index (χ2n) is 11.9. The molecule has 0 saturated heterocycles. The SMILES string of the molecule is CCCCCCN(CCCC[C@@H]1Cc2cc(O)ccc2[C@@H]2[C@@H]1[C@@H]1CC[C@H](O)[C@@]1(C)C[C@@H]2F)C(C)=O. The number of amides is 1. The van der Waals surface area contributed by atoms with Gasteiger partial charge in [-0.05, 0) is 91.4 Å². The molecule has 7 atom stereocenters. The summed E-state index contributed by atoms with van der Waals surface area (Å²) in [5.74, 6) is 1.20. The van der Waals surface area contributed by atoms with Crippen LogP contribution >= 0.6 is 0 Å². The van der Waals surface area contributed by atoms with Gasteiger partial charge in [-0.3, -0.25) is 4.79 Å². The van der Waals surface area contributed by atoms with Crippen molar-refractivity contribution in [3.63, 3.8) is 0 Å². The Morgan fingerprint density at radius 1 is 1.14 bits per heavy atom. The lowest BCUT2D eigenvalue weighted by Gasteiger charge is -2.54. The molecule has 4 rings (SSSR count). The van der Waals surface area contributed by atoms with Gasteiger partial charge in [-0.25, -0.2) is 4.39 Å². The number of alkyl halides is 1. The van der Waals surface area contributed by atoms with Crippen molar-refractivity contribution in [2.45, 2.75) is 110 Å². The quantitative estimate of drug-likeness (QED) is 0.376. The van der Waals surface area contributed by atoms with Crippen LogP contribution in [0.15, 0.2) is 18.2 Å². The molecule has 2 fully saturated rings. The average Bonchev–Trinajstić information content (AvgIpc) is 3.10.